The second-order valence-electron chi connectivity index (χ2n) is 5.93. The van der Waals surface area contributed by atoms with Gasteiger partial charge in [-0.25, -0.2) is 0 Å². The largest absolute Gasteiger partial charge is 0.367 e. The van der Waals surface area contributed by atoms with E-state index in [9.17, 15) is 4.79 Å². The molecule has 1 aromatic rings. The van der Waals surface area contributed by atoms with Crippen LogP contribution in [-0.4, -0.2) is 43.1 Å². The van der Waals surface area contributed by atoms with Gasteiger partial charge < -0.3 is 15.0 Å². The molecule has 1 saturated carbocycles. The van der Waals surface area contributed by atoms with Crippen molar-refractivity contribution in [3.05, 3.63) is 35.9 Å². The van der Waals surface area contributed by atoms with Crippen LogP contribution in [0.2, 0.25) is 0 Å². The number of nitrogens with one attached hydrogen (secondary N) is 1. The highest BCUT2D eigenvalue weighted by molar-refractivity contribution is 5.83. The monoisotopic (exact) mass is 274 g/mol. The van der Waals surface area contributed by atoms with Crippen LogP contribution in [0, 0.1) is 0 Å². The molecule has 1 heterocycles. The van der Waals surface area contributed by atoms with Gasteiger partial charge in [0.15, 0.2) is 6.10 Å². The van der Waals surface area contributed by atoms with Crippen LogP contribution >= 0.6 is 0 Å². The van der Waals surface area contributed by atoms with Crippen LogP contribution in [0.5, 0.6) is 0 Å². The maximum atomic E-state index is 12.5. The molecule has 1 saturated heterocycles. The lowest BCUT2D eigenvalue weighted by Crippen LogP contribution is -2.51. The minimum absolute atomic E-state index is 0.00304. The lowest BCUT2D eigenvalue weighted by molar-refractivity contribution is -0.132. The molecule has 4 heteroatoms. The topological polar surface area (TPSA) is 41.6 Å². The first-order chi connectivity index (χ1) is 9.72. The van der Waals surface area contributed by atoms with E-state index in [0.717, 1.165) is 24.9 Å². The summed E-state index contributed by atoms with van der Waals surface area (Å²) in [6, 6.07) is 9.68. The van der Waals surface area contributed by atoms with Crippen molar-refractivity contribution < 1.29 is 9.53 Å². The van der Waals surface area contributed by atoms with Crippen molar-refractivity contribution in [2.45, 2.75) is 30.9 Å². The normalized spacial score (nSPS) is 21.9. The van der Waals surface area contributed by atoms with E-state index >= 15 is 0 Å². The number of hydrogen-bond donors (Lipinski definition) is 1. The van der Waals surface area contributed by atoms with Gasteiger partial charge in [-0.05, 0) is 37.9 Å². The summed E-state index contributed by atoms with van der Waals surface area (Å²) >= 11 is 0. The zero-order valence-corrected chi connectivity index (χ0v) is 12.0. The number of benzene rings is 1. The maximum Gasteiger partial charge on any atom is 0.254 e. The molecule has 0 bridgehead atoms. The fourth-order valence-electron chi connectivity index (χ4n) is 2.79. The molecule has 1 aliphatic heterocycles. The van der Waals surface area contributed by atoms with E-state index in [1.54, 1.807) is 7.11 Å². The van der Waals surface area contributed by atoms with Crippen molar-refractivity contribution in [3.8, 4) is 0 Å². The lowest BCUT2D eigenvalue weighted by atomic mass is 10.1. The predicted molar refractivity (Wildman–Crippen MR) is 77.4 cm³/mol. The van der Waals surface area contributed by atoms with Crippen LogP contribution < -0.4 is 5.32 Å². The van der Waals surface area contributed by atoms with Gasteiger partial charge in [-0.3, -0.25) is 4.79 Å². The summed E-state index contributed by atoms with van der Waals surface area (Å²) in [5, 5.41) is 3.21. The van der Waals surface area contributed by atoms with Gasteiger partial charge in [0.1, 0.15) is 0 Å². The van der Waals surface area contributed by atoms with E-state index < -0.39 is 6.10 Å². The van der Waals surface area contributed by atoms with Crippen molar-refractivity contribution >= 4 is 5.91 Å². The van der Waals surface area contributed by atoms with Crippen molar-refractivity contribution in [1.82, 2.24) is 10.2 Å². The molecule has 108 valence electrons. The van der Waals surface area contributed by atoms with Gasteiger partial charge in [0.25, 0.3) is 5.91 Å². The molecule has 1 N–H and O–H groups in total. The molecular weight excluding hydrogens is 252 g/mol. The SMILES string of the molecule is CO[C@@H](C(=O)NC1(CN2CCC2)CC1)c1ccccc1. The Balaban J connectivity index is 1.62. The first-order valence-electron chi connectivity index (χ1n) is 7.35. The summed E-state index contributed by atoms with van der Waals surface area (Å²) in [5.41, 5.74) is 0.913. The molecule has 1 aromatic carbocycles. The van der Waals surface area contributed by atoms with Gasteiger partial charge in [-0.1, -0.05) is 30.3 Å². The van der Waals surface area contributed by atoms with Crippen LogP contribution in [0.1, 0.15) is 30.9 Å². The number of amides is 1. The highest BCUT2D eigenvalue weighted by atomic mass is 16.5. The zero-order valence-electron chi connectivity index (χ0n) is 12.0. The van der Waals surface area contributed by atoms with E-state index in [1.807, 2.05) is 30.3 Å². The summed E-state index contributed by atoms with van der Waals surface area (Å²) in [4.78, 5) is 14.9. The van der Waals surface area contributed by atoms with Crippen LogP contribution in [0.15, 0.2) is 30.3 Å². The number of nitrogens with zero attached hydrogens (tertiary/aromatic N) is 1. The Hall–Kier alpha value is -1.39. The van der Waals surface area contributed by atoms with Gasteiger partial charge >= 0.3 is 0 Å². The quantitative estimate of drug-likeness (QED) is 0.859. The Kier molecular flexibility index (Phi) is 3.76. The average Bonchev–Trinajstić information content (AvgIpc) is 3.16. The fourth-order valence-corrected chi connectivity index (χ4v) is 2.79. The van der Waals surface area contributed by atoms with Gasteiger partial charge in [-0.15, -0.1) is 0 Å². The maximum absolute atomic E-state index is 12.5. The van der Waals surface area contributed by atoms with Crippen LogP contribution in [0.3, 0.4) is 0 Å². The fraction of sp³-hybridized carbons (Fsp3) is 0.562. The number of ether oxygens (including phenoxy) is 1. The summed E-state index contributed by atoms with van der Waals surface area (Å²) in [6.45, 7) is 3.33. The molecule has 0 radical (unpaired) electrons. The van der Waals surface area contributed by atoms with Gasteiger partial charge in [-0.2, -0.15) is 0 Å². The molecule has 3 rings (SSSR count). The van der Waals surface area contributed by atoms with E-state index in [4.69, 9.17) is 4.74 Å². The summed E-state index contributed by atoms with van der Waals surface area (Å²) < 4.78 is 5.39. The average molecular weight is 274 g/mol. The summed E-state index contributed by atoms with van der Waals surface area (Å²) in [6.07, 6.45) is 2.94. The Morgan fingerprint density at radius 2 is 2.05 bits per heavy atom. The number of carbonyl (C=O) groups excluding carboxylic acids is 1. The molecule has 4 nitrogen and oxygen atoms in total. The zero-order chi connectivity index (χ0) is 14.0. The molecule has 0 spiro atoms. The lowest BCUT2D eigenvalue weighted by Gasteiger charge is -2.35. The molecule has 1 aliphatic carbocycles. The highest BCUT2D eigenvalue weighted by Gasteiger charge is 2.46. The number of likely N-dealkylation sites (tertiary alicyclic amines) is 1. The van der Waals surface area contributed by atoms with Crippen molar-refractivity contribution in [3.63, 3.8) is 0 Å². The van der Waals surface area contributed by atoms with Crippen LogP contribution in [0.4, 0.5) is 0 Å². The van der Waals surface area contributed by atoms with Crippen LogP contribution in [0.25, 0.3) is 0 Å². The Bertz CT molecular complexity index is 467. The molecule has 20 heavy (non-hydrogen) atoms. The second kappa shape index (κ2) is 5.54. The van der Waals surface area contributed by atoms with Crippen molar-refractivity contribution in [2.24, 2.45) is 0 Å². The number of methoxy groups -OCH3 is 1. The molecule has 0 unspecified atom stereocenters. The first kappa shape index (κ1) is 13.6. The molecule has 1 amide bonds. The molecule has 2 aliphatic rings. The Morgan fingerprint density at radius 1 is 1.35 bits per heavy atom. The van der Waals surface area contributed by atoms with Gasteiger partial charge in [0.05, 0.1) is 5.54 Å². The summed E-state index contributed by atoms with van der Waals surface area (Å²) in [7, 11) is 1.59. The third kappa shape index (κ3) is 2.86. The Morgan fingerprint density at radius 3 is 2.55 bits per heavy atom. The predicted octanol–water partition coefficient (Wildman–Crippen LogP) is 1.73. The number of hydrogen-bond acceptors (Lipinski definition) is 3. The van der Waals surface area contributed by atoms with E-state index in [1.165, 1.54) is 19.5 Å². The Labute approximate surface area is 120 Å². The van der Waals surface area contributed by atoms with Crippen molar-refractivity contribution in [2.75, 3.05) is 26.7 Å². The number of carbonyl (C=O) groups is 1. The minimum Gasteiger partial charge on any atom is -0.367 e. The van der Waals surface area contributed by atoms with E-state index in [-0.39, 0.29) is 11.4 Å². The van der Waals surface area contributed by atoms with Gasteiger partial charge in [0, 0.05) is 13.7 Å². The highest BCUT2D eigenvalue weighted by Crippen LogP contribution is 2.37. The van der Waals surface area contributed by atoms with Crippen LogP contribution in [-0.2, 0) is 9.53 Å². The summed E-state index contributed by atoms with van der Waals surface area (Å²) in [5.74, 6) is -0.0169. The third-order valence-corrected chi connectivity index (χ3v) is 4.29. The molecule has 0 aromatic heterocycles. The smallest absolute Gasteiger partial charge is 0.254 e. The van der Waals surface area contributed by atoms with E-state index in [0.29, 0.717) is 0 Å². The molecular formula is C16H22N2O2. The first-order valence-corrected chi connectivity index (χ1v) is 7.35. The standard InChI is InChI=1S/C16H22N2O2/c1-20-14(13-6-3-2-4-7-13)15(19)17-16(8-9-16)12-18-10-5-11-18/h2-4,6-7,14H,5,8-12H2,1H3,(H,17,19)/t14-/m1/s1. The van der Waals surface area contributed by atoms with E-state index in [2.05, 4.69) is 10.2 Å². The third-order valence-electron chi connectivity index (χ3n) is 4.29. The minimum atomic E-state index is -0.509. The van der Waals surface area contributed by atoms with Gasteiger partial charge in [0.2, 0.25) is 0 Å². The van der Waals surface area contributed by atoms with Crippen molar-refractivity contribution in [1.29, 1.82) is 0 Å². The number of rotatable bonds is 6. The molecule has 2 fully saturated rings. The second-order valence-corrected chi connectivity index (χ2v) is 5.93. The molecule has 1 atom stereocenters.